The number of rotatable bonds is 10. The maximum atomic E-state index is 14.2. The maximum absolute atomic E-state index is 14.2. The fraction of sp³-hybridized carbons (Fsp3) is 0.227. The Labute approximate surface area is 198 Å². The van der Waals surface area contributed by atoms with Gasteiger partial charge in [0.05, 0.1) is 31.5 Å². The van der Waals surface area contributed by atoms with Crippen molar-refractivity contribution in [3.63, 3.8) is 0 Å². The molecule has 0 saturated heterocycles. The fourth-order valence-electron chi connectivity index (χ4n) is 2.76. The summed E-state index contributed by atoms with van der Waals surface area (Å²) in [7, 11) is 2.88. The van der Waals surface area contributed by atoms with E-state index in [9.17, 15) is 18.4 Å². The number of methoxy groups -OCH3 is 2. The van der Waals surface area contributed by atoms with E-state index in [4.69, 9.17) is 14.2 Å². The maximum Gasteiger partial charge on any atom is 0.325 e. The summed E-state index contributed by atoms with van der Waals surface area (Å²) in [6.45, 7) is 0.773. The van der Waals surface area contributed by atoms with Gasteiger partial charge in [-0.1, -0.05) is 6.07 Å². The lowest BCUT2D eigenvalue weighted by molar-refractivity contribution is -0.120. The van der Waals surface area contributed by atoms with Crippen LogP contribution >= 0.6 is 11.3 Å². The number of nitrogens with one attached hydrogen (secondary N) is 3. The predicted molar refractivity (Wildman–Crippen MR) is 123 cm³/mol. The zero-order valence-electron chi connectivity index (χ0n) is 18.3. The summed E-state index contributed by atoms with van der Waals surface area (Å²) in [5.41, 5.74) is 0.425. The van der Waals surface area contributed by atoms with Gasteiger partial charge >= 0.3 is 6.03 Å². The molecule has 34 heavy (non-hydrogen) atoms. The van der Waals surface area contributed by atoms with E-state index in [1.807, 2.05) is 0 Å². The highest BCUT2D eigenvalue weighted by Gasteiger charge is 2.17. The molecule has 0 aliphatic heterocycles. The molecule has 180 valence electrons. The molecule has 12 heteroatoms. The van der Waals surface area contributed by atoms with Gasteiger partial charge in [-0.25, -0.2) is 18.6 Å². The second-order valence-corrected chi connectivity index (χ2v) is 7.61. The van der Waals surface area contributed by atoms with Crippen LogP contribution in [0.3, 0.4) is 0 Å². The molecule has 0 unspecified atom stereocenters. The zero-order valence-corrected chi connectivity index (χ0v) is 19.1. The Morgan fingerprint density at radius 2 is 1.91 bits per heavy atom. The third-order valence-electron chi connectivity index (χ3n) is 4.29. The van der Waals surface area contributed by atoms with Crippen molar-refractivity contribution in [3.05, 3.63) is 59.1 Å². The van der Waals surface area contributed by atoms with E-state index >= 15 is 0 Å². The Balaban J connectivity index is 1.66. The topological polar surface area (TPSA) is 111 Å². The number of carbonyl (C=O) groups excluding carboxylic acids is 2. The van der Waals surface area contributed by atoms with Crippen LogP contribution in [0.1, 0.15) is 5.69 Å². The number of urea groups is 1. The first-order valence-corrected chi connectivity index (χ1v) is 10.9. The molecule has 0 aliphatic carbocycles. The third-order valence-corrected chi connectivity index (χ3v) is 5.10. The zero-order chi connectivity index (χ0) is 24.5. The summed E-state index contributed by atoms with van der Waals surface area (Å²) < 4.78 is 43.6. The molecule has 3 amide bonds. The number of anilines is 2. The van der Waals surface area contributed by atoms with E-state index in [1.54, 1.807) is 5.38 Å². The first-order chi connectivity index (χ1) is 16.4. The van der Waals surface area contributed by atoms with E-state index in [-0.39, 0.29) is 40.4 Å². The molecule has 0 bridgehead atoms. The third kappa shape index (κ3) is 6.86. The fourth-order valence-corrected chi connectivity index (χ4v) is 3.47. The SMILES string of the molecule is COCCNC(=O)Cc1csc(NC(=O)Nc2cc(F)ccc2Oc2c(F)cccc2OC)n1. The smallest absolute Gasteiger partial charge is 0.325 e. The molecule has 0 spiro atoms. The van der Waals surface area contributed by atoms with E-state index in [2.05, 4.69) is 20.9 Å². The van der Waals surface area contributed by atoms with Gasteiger partial charge in [0, 0.05) is 25.1 Å². The van der Waals surface area contributed by atoms with Crippen LogP contribution in [0.25, 0.3) is 0 Å². The minimum atomic E-state index is -0.735. The van der Waals surface area contributed by atoms with E-state index in [1.165, 1.54) is 38.5 Å². The largest absolute Gasteiger partial charge is 0.493 e. The average molecular weight is 493 g/mol. The number of aromatic nitrogens is 1. The molecule has 3 rings (SSSR count). The Hall–Kier alpha value is -3.77. The number of carbonyl (C=O) groups is 2. The number of hydrogen-bond donors (Lipinski definition) is 3. The van der Waals surface area contributed by atoms with Crippen LogP contribution in [0, 0.1) is 11.6 Å². The van der Waals surface area contributed by atoms with Gasteiger partial charge in [-0.2, -0.15) is 0 Å². The minimum absolute atomic E-state index is 0.00694. The molecule has 0 atom stereocenters. The number of nitrogens with zero attached hydrogens (tertiary/aromatic N) is 1. The van der Waals surface area contributed by atoms with E-state index < -0.39 is 17.7 Å². The lowest BCUT2D eigenvalue weighted by Crippen LogP contribution is -2.28. The number of hydrogen-bond acceptors (Lipinski definition) is 7. The summed E-state index contributed by atoms with van der Waals surface area (Å²) in [5, 5.41) is 9.50. The molecule has 2 aromatic carbocycles. The summed E-state index contributed by atoms with van der Waals surface area (Å²) in [6.07, 6.45) is 0.0376. The quantitative estimate of drug-likeness (QED) is 0.367. The van der Waals surface area contributed by atoms with Crippen molar-refractivity contribution >= 4 is 34.1 Å². The average Bonchev–Trinajstić information content (AvgIpc) is 3.23. The molecule has 3 aromatic rings. The van der Waals surface area contributed by atoms with Crippen LogP contribution < -0.4 is 25.4 Å². The minimum Gasteiger partial charge on any atom is -0.493 e. The molecule has 1 aromatic heterocycles. The van der Waals surface area contributed by atoms with Gasteiger partial charge in [0.1, 0.15) is 5.82 Å². The van der Waals surface area contributed by atoms with Gasteiger partial charge in [-0.15, -0.1) is 11.3 Å². The lowest BCUT2D eigenvalue weighted by Gasteiger charge is -2.15. The molecule has 1 heterocycles. The van der Waals surface area contributed by atoms with Crippen molar-refractivity contribution in [2.45, 2.75) is 6.42 Å². The van der Waals surface area contributed by atoms with Crippen molar-refractivity contribution in [2.24, 2.45) is 0 Å². The van der Waals surface area contributed by atoms with Crippen LogP contribution in [-0.2, 0) is 16.0 Å². The number of thiazole rings is 1. The number of ether oxygens (including phenoxy) is 3. The Morgan fingerprint density at radius 1 is 1.09 bits per heavy atom. The van der Waals surface area contributed by atoms with Crippen molar-refractivity contribution in [1.82, 2.24) is 10.3 Å². The highest BCUT2D eigenvalue weighted by atomic mass is 32.1. The highest BCUT2D eigenvalue weighted by Crippen LogP contribution is 2.37. The van der Waals surface area contributed by atoms with Crippen molar-refractivity contribution in [2.75, 3.05) is 38.0 Å². The second-order valence-electron chi connectivity index (χ2n) is 6.76. The van der Waals surface area contributed by atoms with Gasteiger partial charge in [0.15, 0.2) is 22.4 Å². The monoisotopic (exact) mass is 492 g/mol. The number of para-hydroxylation sites is 1. The molecular formula is C22H22F2N4O5S. The Bertz CT molecular complexity index is 1160. The number of amides is 3. The molecule has 9 nitrogen and oxygen atoms in total. The first-order valence-electron chi connectivity index (χ1n) is 9.97. The van der Waals surface area contributed by atoms with Crippen molar-refractivity contribution < 1.29 is 32.6 Å². The Kier molecular flexibility index (Phi) is 8.71. The van der Waals surface area contributed by atoms with E-state index in [0.29, 0.717) is 18.8 Å². The van der Waals surface area contributed by atoms with Crippen LogP contribution in [-0.4, -0.2) is 44.3 Å². The molecular weight excluding hydrogens is 470 g/mol. The molecule has 0 fully saturated rings. The summed E-state index contributed by atoms with van der Waals surface area (Å²) >= 11 is 1.12. The van der Waals surface area contributed by atoms with Crippen LogP contribution in [0.2, 0.25) is 0 Å². The molecule has 0 saturated carbocycles. The molecule has 3 N–H and O–H groups in total. The second kappa shape index (κ2) is 11.9. The van der Waals surface area contributed by atoms with Crippen molar-refractivity contribution in [1.29, 1.82) is 0 Å². The van der Waals surface area contributed by atoms with Crippen molar-refractivity contribution in [3.8, 4) is 17.2 Å². The molecule has 0 aliphatic rings. The summed E-state index contributed by atoms with van der Waals surface area (Å²) in [5.74, 6) is -1.66. The van der Waals surface area contributed by atoms with Crippen LogP contribution in [0.4, 0.5) is 24.4 Å². The van der Waals surface area contributed by atoms with Gasteiger partial charge in [0.2, 0.25) is 11.7 Å². The first kappa shape index (κ1) is 24.9. The lowest BCUT2D eigenvalue weighted by atomic mass is 10.2. The number of benzene rings is 2. The normalized spacial score (nSPS) is 10.5. The Morgan fingerprint density at radius 3 is 2.68 bits per heavy atom. The van der Waals surface area contributed by atoms with Gasteiger partial charge in [0.25, 0.3) is 0 Å². The van der Waals surface area contributed by atoms with E-state index in [0.717, 1.165) is 23.5 Å². The van der Waals surface area contributed by atoms with Gasteiger partial charge < -0.3 is 24.8 Å². The van der Waals surface area contributed by atoms with Crippen LogP contribution in [0.5, 0.6) is 17.2 Å². The standard InChI is InChI=1S/C22H22F2N4O5S/c1-31-9-8-25-19(29)11-14-12-34-22(26-14)28-21(30)27-16-10-13(23)6-7-17(16)33-20-15(24)4-3-5-18(20)32-2/h3-7,10,12H,8-9,11H2,1-2H3,(H,25,29)(H2,26,27,28,30). The summed E-state index contributed by atoms with van der Waals surface area (Å²) in [4.78, 5) is 28.5. The predicted octanol–water partition coefficient (Wildman–Crippen LogP) is 4.17. The highest BCUT2D eigenvalue weighted by molar-refractivity contribution is 7.14. The molecule has 0 radical (unpaired) electrons. The van der Waals surface area contributed by atoms with Gasteiger partial charge in [-0.05, 0) is 24.3 Å². The number of halogens is 2. The van der Waals surface area contributed by atoms with Crippen LogP contribution in [0.15, 0.2) is 41.8 Å². The summed E-state index contributed by atoms with van der Waals surface area (Å²) in [6, 6.07) is 6.78. The van der Waals surface area contributed by atoms with Gasteiger partial charge in [-0.3, -0.25) is 10.1 Å².